The maximum absolute atomic E-state index is 12.3. The monoisotopic (exact) mass is 293 g/mol. The molecule has 0 unspecified atom stereocenters. The van der Waals surface area contributed by atoms with E-state index in [1.165, 1.54) is 19.3 Å². The number of nitrogens with two attached hydrogens (primary N) is 1. The van der Waals surface area contributed by atoms with Crippen molar-refractivity contribution >= 4 is 5.91 Å². The molecule has 1 aromatic heterocycles. The molecular weight excluding hydrogens is 266 g/mol. The second-order valence-electron chi connectivity index (χ2n) is 5.80. The topological polar surface area (TPSA) is 77.0 Å². The number of hydrogen-bond donors (Lipinski definition) is 1. The van der Waals surface area contributed by atoms with E-state index in [0.29, 0.717) is 13.1 Å². The molecule has 0 spiro atoms. The van der Waals surface area contributed by atoms with E-state index < -0.39 is 0 Å². The Morgan fingerprint density at radius 1 is 1.14 bits per heavy atom. The number of amides is 1. The van der Waals surface area contributed by atoms with Crippen LogP contribution in [-0.4, -0.2) is 45.4 Å². The van der Waals surface area contributed by atoms with E-state index in [-0.39, 0.29) is 5.91 Å². The van der Waals surface area contributed by atoms with E-state index in [1.807, 2.05) is 11.1 Å². The van der Waals surface area contributed by atoms with E-state index >= 15 is 0 Å². The summed E-state index contributed by atoms with van der Waals surface area (Å²) >= 11 is 0. The molecule has 2 N–H and O–H groups in total. The summed E-state index contributed by atoms with van der Waals surface area (Å²) in [5, 5.41) is 8.18. The molecule has 1 aromatic rings. The zero-order valence-electron chi connectivity index (χ0n) is 12.8. The number of aryl methyl sites for hydroxylation is 1. The van der Waals surface area contributed by atoms with Crippen LogP contribution in [0.3, 0.4) is 0 Å². The summed E-state index contributed by atoms with van der Waals surface area (Å²) < 4.78 is 1.67. The van der Waals surface area contributed by atoms with Gasteiger partial charge in [-0.15, -0.1) is 5.10 Å². The number of nitrogens with zero attached hydrogens (tertiary/aromatic N) is 4. The first kappa shape index (κ1) is 15.9. The largest absolute Gasteiger partial charge is 0.341 e. The Morgan fingerprint density at radius 3 is 2.57 bits per heavy atom. The van der Waals surface area contributed by atoms with E-state index in [0.717, 1.165) is 50.9 Å². The molecule has 1 aliphatic heterocycles. The number of carbonyl (C=O) groups excluding carboxylic acids is 1. The molecule has 0 aromatic carbocycles. The Morgan fingerprint density at radius 2 is 1.86 bits per heavy atom. The third-order valence-corrected chi connectivity index (χ3v) is 3.98. The number of unbranched alkanes of at least 4 members (excludes halogenated alkanes) is 1. The van der Waals surface area contributed by atoms with Gasteiger partial charge in [-0.25, -0.2) is 4.68 Å². The fourth-order valence-corrected chi connectivity index (χ4v) is 2.72. The molecule has 1 saturated heterocycles. The summed E-state index contributed by atoms with van der Waals surface area (Å²) in [5.41, 5.74) is 6.43. The van der Waals surface area contributed by atoms with Crippen LogP contribution in [0, 0.1) is 0 Å². The van der Waals surface area contributed by atoms with Gasteiger partial charge in [0.2, 0.25) is 5.91 Å². The number of rotatable bonds is 6. The van der Waals surface area contributed by atoms with E-state index in [1.54, 1.807) is 4.68 Å². The average molecular weight is 293 g/mol. The lowest BCUT2D eigenvalue weighted by Crippen LogP contribution is -2.36. The van der Waals surface area contributed by atoms with Crippen molar-refractivity contribution in [3.05, 3.63) is 11.9 Å². The van der Waals surface area contributed by atoms with Gasteiger partial charge in [0.05, 0.1) is 5.69 Å². The highest BCUT2D eigenvalue weighted by Gasteiger charge is 2.15. The Kier molecular flexibility index (Phi) is 6.66. The van der Waals surface area contributed by atoms with Crippen molar-refractivity contribution < 1.29 is 4.79 Å². The highest BCUT2D eigenvalue weighted by molar-refractivity contribution is 5.75. The molecule has 0 atom stereocenters. The number of aromatic nitrogens is 3. The Bertz CT molecular complexity index is 423. The van der Waals surface area contributed by atoms with Crippen molar-refractivity contribution in [2.75, 3.05) is 19.6 Å². The Labute approximate surface area is 126 Å². The molecule has 2 rings (SSSR count). The highest BCUT2D eigenvalue weighted by atomic mass is 16.2. The van der Waals surface area contributed by atoms with E-state index in [4.69, 9.17) is 5.73 Å². The molecule has 1 amide bonds. The van der Waals surface area contributed by atoms with Crippen molar-refractivity contribution in [1.29, 1.82) is 0 Å². The summed E-state index contributed by atoms with van der Waals surface area (Å²) in [4.78, 5) is 14.3. The van der Waals surface area contributed by atoms with Gasteiger partial charge in [-0.3, -0.25) is 4.79 Å². The standard InChI is InChI=1S/C15H27N5O/c16-9-5-4-8-14-12-20(18-17-14)13-15(21)19-10-6-2-1-3-7-11-19/h12H,1-11,13,16H2. The fourth-order valence-electron chi connectivity index (χ4n) is 2.72. The predicted molar refractivity (Wildman–Crippen MR) is 81.7 cm³/mol. The van der Waals surface area contributed by atoms with Crippen LogP contribution in [0.2, 0.25) is 0 Å². The molecule has 21 heavy (non-hydrogen) atoms. The van der Waals surface area contributed by atoms with Gasteiger partial charge >= 0.3 is 0 Å². The summed E-state index contributed by atoms with van der Waals surface area (Å²) in [5.74, 6) is 0.162. The summed E-state index contributed by atoms with van der Waals surface area (Å²) in [6.45, 7) is 2.79. The first-order chi connectivity index (χ1) is 10.3. The SMILES string of the molecule is NCCCCc1cn(CC(=O)N2CCCCCCC2)nn1. The molecule has 0 saturated carbocycles. The highest BCUT2D eigenvalue weighted by Crippen LogP contribution is 2.11. The number of hydrogen-bond acceptors (Lipinski definition) is 4. The molecule has 6 heteroatoms. The molecule has 1 aliphatic rings. The predicted octanol–water partition coefficient (Wildman–Crippen LogP) is 1.35. The van der Waals surface area contributed by atoms with Crippen molar-refractivity contribution in [3.8, 4) is 0 Å². The van der Waals surface area contributed by atoms with Gasteiger partial charge in [-0.2, -0.15) is 0 Å². The first-order valence-electron chi connectivity index (χ1n) is 8.16. The van der Waals surface area contributed by atoms with Crippen LogP contribution in [0.5, 0.6) is 0 Å². The van der Waals surface area contributed by atoms with Crippen LogP contribution in [0.1, 0.15) is 50.6 Å². The quantitative estimate of drug-likeness (QED) is 0.803. The minimum Gasteiger partial charge on any atom is -0.341 e. The van der Waals surface area contributed by atoms with Crippen LogP contribution in [0.25, 0.3) is 0 Å². The van der Waals surface area contributed by atoms with Gasteiger partial charge in [0.25, 0.3) is 0 Å². The lowest BCUT2D eigenvalue weighted by atomic mass is 10.1. The average Bonchev–Trinajstić information content (AvgIpc) is 2.86. The molecule has 0 aliphatic carbocycles. The maximum atomic E-state index is 12.3. The van der Waals surface area contributed by atoms with Gasteiger partial charge in [-0.05, 0) is 38.6 Å². The zero-order valence-corrected chi connectivity index (χ0v) is 12.8. The van der Waals surface area contributed by atoms with Crippen LogP contribution >= 0.6 is 0 Å². The Balaban J connectivity index is 1.80. The van der Waals surface area contributed by atoms with E-state index in [2.05, 4.69) is 10.3 Å². The molecular formula is C15H27N5O. The van der Waals surface area contributed by atoms with E-state index in [9.17, 15) is 4.79 Å². The van der Waals surface area contributed by atoms with Gasteiger partial charge in [0.1, 0.15) is 6.54 Å². The van der Waals surface area contributed by atoms with Crippen molar-refractivity contribution in [3.63, 3.8) is 0 Å². The smallest absolute Gasteiger partial charge is 0.244 e. The summed E-state index contributed by atoms with van der Waals surface area (Å²) in [7, 11) is 0. The molecule has 0 radical (unpaired) electrons. The minimum atomic E-state index is 0.162. The first-order valence-corrected chi connectivity index (χ1v) is 8.16. The van der Waals surface area contributed by atoms with Crippen LogP contribution in [-0.2, 0) is 17.8 Å². The molecule has 2 heterocycles. The minimum absolute atomic E-state index is 0.162. The number of carbonyl (C=O) groups is 1. The fraction of sp³-hybridized carbons (Fsp3) is 0.800. The third kappa shape index (κ3) is 5.46. The zero-order chi connectivity index (χ0) is 14.9. The van der Waals surface area contributed by atoms with Gasteiger partial charge < -0.3 is 10.6 Å². The lowest BCUT2D eigenvalue weighted by Gasteiger charge is -2.24. The molecule has 118 valence electrons. The lowest BCUT2D eigenvalue weighted by molar-refractivity contribution is -0.132. The third-order valence-electron chi connectivity index (χ3n) is 3.98. The van der Waals surface area contributed by atoms with Crippen molar-refractivity contribution in [1.82, 2.24) is 19.9 Å². The van der Waals surface area contributed by atoms with Gasteiger partial charge in [-0.1, -0.05) is 24.5 Å². The van der Waals surface area contributed by atoms with Crippen LogP contribution in [0.4, 0.5) is 0 Å². The normalized spacial score (nSPS) is 16.5. The molecule has 1 fully saturated rings. The molecule has 0 bridgehead atoms. The van der Waals surface area contributed by atoms with Crippen LogP contribution in [0.15, 0.2) is 6.20 Å². The maximum Gasteiger partial charge on any atom is 0.244 e. The molecule has 6 nitrogen and oxygen atoms in total. The van der Waals surface area contributed by atoms with Crippen molar-refractivity contribution in [2.24, 2.45) is 5.73 Å². The van der Waals surface area contributed by atoms with Crippen molar-refractivity contribution in [2.45, 2.75) is 57.9 Å². The summed E-state index contributed by atoms with van der Waals surface area (Å²) in [6.07, 6.45) is 10.8. The number of likely N-dealkylation sites (tertiary alicyclic amines) is 1. The summed E-state index contributed by atoms with van der Waals surface area (Å²) in [6, 6.07) is 0. The second kappa shape index (κ2) is 8.77. The Hall–Kier alpha value is -1.43. The van der Waals surface area contributed by atoms with Crippen LogP contribution < -0.4 is 5.73 Å². The second-order valence-corrected chi connectivity index (χ2v) is 5.80. The van der Waals surface area contributed by atoms with Gasteiger partial charge in [0, 0.05) is 19.3 Å². The van der Waals surface area contributed by atoms with Gasteiger partial charge in [0.15, 0.2) is 0 Å².